The summed E-state index contributed by atoms with van der Waals surface area (Å²) < 4.78 is 7.70. The zero-order chi connectivity index (χ0) is 23.6. The summed E-state index contributed by atoms with van der Waals surface area (Å²) >= 11 is 0. The number of nitrogens with zero attached hydrogens (tertiary/aromatic N) is 6. The molecule has 8 heteroatoms. The van der Waals surface area contributed by atoms with E-state index in [4.69, 9.17) is 19.8 Å². The molecule has 0 radical (unpaired) electrons. The SMILES string of the molecule is Oc1ccccc1CN1CCC(n2ncc3c(N4CCOCC4)nc(-c4ccccc4)nc32)CC1. The van der Waals surface area contributed by atoms with Crippen LogP contribution < -0.4 is 4.90 Å². The third kappa shape index (κ3) is 4.47. The van der Waals surface area contributed by atoms with Gasteiger partial charge in [-0.2, -0.15) is 5.10 Å². The Hall–Kier alpha value is -3.49. The lowest BCUT2D eigenvalue weighted by molar-refractivity contribution is 0.122. The molecule has 6 rings (SSSR count). The minimum absolute atomic E-state index is 0.282. The van der Waals surface area contributed by atoms with Crippen LogP contribution in [0.3, 0.4) is 0 Å². The zero-order valence-corrected chi connectivity index (χ0v) is 19.8. The number of phenolic OH excluding ortho intramolecular Hbond substituents is 1. The molecule has 0 saturated carbocycles. The molecule has 2 saturated heterocycles. The summed E-state index contributed by atoms with van der Waals surface area (Å²) in [6.07, 6.45) is 3.91. The van der Waals surface area contributed by atoms with E-state index in [2.05, 4.69) is 26.6 Å². The van der Waals surface area contributed by atoms with Crippen molar-refractivity contribution in [1.82, 2.24) is 24.6 Å². The minimum atomic E-state index is 0.282. The molecule has 0 amide bonds. The molecule has 2 aliphatic heterocycles. The van der Waals surface area contributed by atoms with Crippen molar-refractivity contribution < 1.29 is 9.84 Å². The van der Waals surface area contributed by atoms with E-state index in [0.29, 0.717) is 19.0 Å². The van der Waals surface area contributed by atoms with E-state index in [-0.39, 0.29) is 6.04 Å². The maximum atomic E-state index is 10.1. The fourth-order valence-corrected chi connectivity index (χ4v) is 5.12. The highest BCUT2D eigenvalue weighted by Gasteiger charge is 2.26. The summed E-state index contributed by atoms with van der Waals surface area (Å²) in [6.45, 7) is 5.71. The van der Waals surface area contributed by atoms with Gasteiger partial charge in [-0.05, 0) is 18.9 Å². The molecule has 0 atom stereocenters. The van der Waals surface area contributed by atoms with Crippen molar-refractivity contribution in [1.29, 1.82) is 0 Å². The second kappa shape index (κ2) is 9.64. The second-order valence-electron chi connectivity index (χ2n) is 9.30. The number of piperidine rings is 1. The molecule has 1 N–H and O–H groups in total. The Labute approximate surface area is 204 Å². The average molecular weight is 471 g/mol. The molecule has 2 fully saturated rings. The number of ether oxygens (including phenoxy) is 1. The third-order valence-electron chi connectivity index (χ3n) is 7.06. The number of morpholine rings is 1. The van der Waals surface area contributed by atoms with Crippen LogP contribution in [-0.4, -0.2) is 69.1 Å². The van der Waals surface area contributed by atoms with Gasteiger partial charge in [-0.1, -0.05) is 48.5 Å². The van der Waals surface area contributed by atoms with Gasteiger partial charge in [0.05, 0.1) is 30.8 Å². The summed E-state index contributed by atoms with van der Waals surface area (Å²) in [6, 6.07) is 18.1. The van der Waals surface area contributed by atoms with E-state index in [9.17, 15) is 5.11 Å². The molecule has 0 bridgehead atoms. The number of hydrogen-bond donors (Lipinski definition) is 1. The normalized spacial score (nSPS) is 17.8. The van der Waals surface area contributed by atoms with Crippen LogP contribution in [0.1, 0.15) is 24.4 Å². The average Bonchev–Trinajstić information content (AvgIpc) is 3.35. The number of hydrogen-bond acceptors (Lipinski definition) is 7. The topological polar surface area (TPSA) is 79.5 Å². The van der Waals surface area contributed by atoms with E-state index in [1.807, 2.05) is 42.6 Å². The summed E-state index contributed by atoms with van der Waals surface area (Å²) in [5.41, 5.74) is 2.89. The summed E-state index contributed by atoms with van der Waals surface area (Å²) in [4.78, 5) is 14.7. The highest BCUT2D eigenvalue weighted by Crippen LogP contribution is 2.32. The second-order valence-corrected chi connectivity index (χ2v) is 9.30. The Bertz CT molecular complexity index is 1290. The molecule has 4 aromatic rings. The van der Waals surface area contributed by atoms with Gasteiger partial charge in [-0.3, -0.25) is 4.90 Å². The van der Waals surface area contributed by atoms with Crippen LogP contribution >= 0.6 is 0 Å². The number of para-hydroxylation sites is 1. The Kier molecular flexibility index (Phi) is 6.06. The summed E-state index contributed by atoms with van der Waals surface area (Å²) in [5, 5.41) is 16.0. The standard InChI is InChI=1S/C27H30N6O2/c34-24-9-5-4-8-21(24)19-31-12-10-22(11-13-31)33-27-23(18-28-33)26(32-14-16-35-17-15-32)29-25(30-27)20-6-2-1-3-7-20/h1-9,18,22,34H,10-17,19H2. The predicted molar refractivity (Wildman–Crippen MR) is 135 cm³/mol. The van der Waals surface area contributed by atoms with Crippen molar-refractivity contribution in [3.63, 3.8) is 0 Å². The van der Waals surface area contributed by atoms with Crippen LogP contribution in [0.25, 0.3) is 22.4 Å². The largest absolute Gasteiger partial charge is 0.508 e. The molecule has 4 heterocycles. The zero-order valence-electron chi connectivity index (χ0n) is 19.8. The molecule has 180 valence electrons. The lowest BCUT2D eigenvalue weighted by atomic mass is 10.0. The number of benzene rings is 2. The lowest BCUT2D eigenvalue weighted by Gasteiger charge is -2.32. The van der Waals surface area contributed by atoms with Crippen LogP contribution in [0.15, 0.2) is 60.8 Å². The van der Waals surface area contributed by atoms with E-state index in [1.54, 1.807) is 6.07 Å². The van der Waals surface area contributed by atoms with Gasteiger partial charge in [0, 0.05) is 43.9 Å². The lowest BCUT2D eigenvalue weighted by Crippen LogP contribution is -2.37. The van der Waals surface area contributed by atoms with Crippen LogP contribution in [0.4, 0.5) is 5.82 Å². The van der Waals surface area contributed by atoms with E-state index >= 15 is 0 Å². The molecule has 2 aromatic heterocycles. The van der Waals surface area contributed by atoms with Gasteiger partial charge in [0.25, 0.3) is 0 Å². The van der Waals surface area contributed by atoms with Gasteiger partial charge < -0.3 is 14.7 Å². The van der Waals surface area contributed by atoms with Crippen molar-refractivity contribution in [2.75, 3.05) is 44.3 Å². The smallest absolute Gasteiger partial charge is 0.164 e. The number of phenols is 1. The monoisotopic (exact) mass is 470 g/mol. The van der Waals surface area contributed by atoms with Gasteiger partial charge in [-0.25, -0.2) is 14.6 Å². The number of aromatic hydroxyl groups is 1. The summed E-state index contributed by atoms with van der Waals surface area (Å²) in [7, 11) is 0. The van der Waals surface area contributed by atoms with Crippen LogP contribution in [0.2, 0.25) is 0 Å². The van der Waals surface area contributed by atoms with Crippen LogP contribution in [0, 0.1) is 0 Å². The molecule has 2 aliphatic rings. The van der Waals surface area contributed by atoms with Gasteiger partial charge in [-0.15, -0.1) is 0 Å². The van der Waals surface area contributed by atoms with Gasteiger partial charge in [0.15, 0.2) is 11.5 Å². The fourth-order valence-electron chi connectivity index (χ4n) is 5.12. The molecule has 8 nitrogen and oxygen atoms in total. The Morgan fingerprint density at radius 1 is 0.886 bits per heavy atom. The molecule has 0 spiro atoms. The van der Waals surface area contributed by atoms with Crippen molar-refractivity contribution in [3.05, 3.63) is 66.4 Å². The van der Waals surface area contributed by atoms with Crippen LogP contribution in [0.5, 0.6) is 5.75 Å². The van der Waals surface area contributed by atoms with Crippen molar-refractivity contribution in [2.45, 2.75) is 25.4 Å². The van der Waals surface area contributed by atoms with Crippen molar-refractivity contribution in [2.24, 2.45) is 0 Å². The van der Waals surface area contributed by atoms with Crippen LogP contribution in [-0.2, 0) is 11.3 Å². The molecule has 0 aliphatic carbocycles. The van der Waals surface area contributed by atoms with Crippen molar-refractivity contribution >= 4 is 16.9 Å². The van der Waals surface area contributed by atoms with Crippen molar-refractivity contribution in [3.8, 4) is 17.1 Å². The van der Waals surface area contributed by atoms with Gasteiger partial charge >= 0.3 is 0 Å². The number of aromatic nitrogens is 4. The maximum Gasteiger partial charge on any atom is 0.164 e. The first-order chi connectivity index (χ1) is 17.3. The van der Waals surface area contributed by atoms with Gasteiger partial charge in [0.2, 0.25) is 0 Å². The van der Waals surface area contributed by atoms with E-state index in [1.165, 1.54) is 0 Å². The predicted octanol–water partition coefficient (Wildman–Crippen LogP) is 3.87. The first-order valence-corrected chi connectivity index (χ1v) is 12.4. The number of rotatable bonds is 5. The first-order valence-electron chi connectivity index (χ1n) is 12.4. The number of fused-ring (bicyclic) bond motifs is 1. The quantitative estimate of drug-likeness (QED) is 0.474. The molecule has 35 heavy (non-hydrogen) atoms. The molecule has 0 unspecified atom stereocenters. The van der Waals surface area contributed by atoms with Gasteiger partial charge in [0.1, 0.15) is 11.6 Å². The van der Waals surface area contributed by atoms with E-state index < -0.39 is 0 Å². The third-order valence-corrected chi connectivity index (χ3v) is 7.06. The highest BCUT2D eigenvalue weighted by atomic mass is 16.5. The Morgan fingerprint density at radius 3 is 2.40 bits per heavy atom. The Morgan fingerprint density at radius 2 is 1.63 bits per heavy atom. The first kappa shape index (κ1) is 22.0. The number of anilines is 1. The Balaban J connectivity index is 1.29. The molecule has 2 aromatic carbocycles. The van der Waals surface area contributed by atoms with E-state index in [0.717, 1.165) is 79.4 Å². The molecular weight excluding hydrogens is 440 g/mol. The number of likely N-dealkylation sites (tertiary alicyclic amines) is 1. The minimum Gasteiger partial charge on any atom is -0.508 e. The maximum absolute atomic E-state index is 10.1. The fraction of sp³-hybridized carbons (Fsp3) is 0.370. The highest BCUT2D eigenvalue weighted by molar-refractivity contribution is 5.89. The summed E-state index contributed by atoms with van der Waals surface area (Å²) in [5.74, 6) is 2.05. The molecular formula is C27H30N6O2.